The smallest absolute Gasteiger partial charge is 0.123 e. The normalized spacial score (nSPS) is 17.7. The van der Waals surface area contributed by atoms with Gasteiger partial charge in [0.25, 0.3) is 0 Å². The van der Waals surface area contributed by atoms with E-state index in [-0.39, 0.29) is 12.4 Å². The van der Waals surface area contributed by atoms with Crippen LogP contribution in [0.3, 0.4) is 0 Å². The summed E-state index contributed by atoms with van der Waals surface area (Å²) in [6.07, 6.45) is 2.72. The first-order valence-electron chi connectivity index (χ1n) is 7.25. The molecule has 1 heterocycles. The zero-order chi connectivity index (χ0) is 13.8. The molecule has 1 saturated heterocycles. The van der Waals surface area contributed by atoms with Gasteiger partial charge in [-0.1, -0.05) is 30.3 Å². The third-order valence-corrected chi connectivity index (χ3v) is 3.92. The first kappa shape index (κ1) is 16.1. The van der Waals surface area contributed by atoms with Crippen LogP contribution in [0.4, 0.5) is 0 Å². The molecule has 1 atom stereocenters. The van der Waals surface area contributed by atoms with Gasteiger partial charge in [-0.05, 0) is 29.7 Å². The molecule has 0 aliphatic carbocycles. The molecular weight excluding hydrogens is 286 g/mol. The molecule has 1 aliphatic heterocycles. The Balaban J connectivity index is 0.00000161. The zero-order valence-corrected chi connectivity index (χ0v) is 13.0. The number of hydrogen-bond acceptors (Lipinski definition) is 3. The Kier molecular flexibility index (Phi) is 5.85. The van der Waals surface area contributed by atoms with Gasteiger partial charge < -0.3 is 27.2 Å². The van der Waals surface area contributed by atoms with E-state index in [0.29, 0.717) is 6.10 Å². The molecule has 114 valence electrons. The van der Waals surface area contributed by atoms with Crippen LogP contribution in [-0.4, -0.2) is 26.4 Å². The summed E-state index contributed by atoms with van der Waals surface area (Å²) >= 11 is 0. The van der Waals surface area contributed by atoms with Crippen LogP contribution in [0.1, 0.15) is 18.4 Å². The van der Waals surface area contributed by atoms with Crippen LogP contribution in [0.5, 0.6) is 5.75 Å². The average molecular weight is 307 g/mol. The lowest BCUT2D eigenvalue weighted by Gasteiger charge is -2.15. The van der Waals surface area contributed by atoms with Gasteiger partial charge in [-0.3, -0.25) is 0 Å². The van der Waals surface area contributed by atoms with Crippen LogP contribution >= 0.6 is 0 Å². The van der Waals surface area contributed by atoms with Crippen LogP contribution in [-0.2, 0) is 11.3 Å². The fourth-order valence-corrected chi connectivity index (χ4v) is 2.85. The lowest BCUT2D eigenvalue weighted by molar-refractivity contribution is -0.00000558. The van der Waals surface area contributed by atoms with Crippen molar-refractivity contribution in [2.45, 2.75) is 25.5 Å². The van der Waals surface area contributed by atoms with Gasteiger partial charge in [0, 0.05) is 25.3 Å². The molecule has 21 heavy (non-hydrogen) atoms. The molecule has 0 amide bonds. The molecule has 2 aromatic rings. The van der Waals surface area contributed by atoms with Crippen molar-refractivity contribution in [1.82, 2.24) is 5.32 Å². The number of fused-ring (bicyclic) bond motifs is 1. The Morgan fingerprint density at radius 3 is 2.86 bits per heavy atom. The summed E-state index contributed by atoms with van der Waals surface area (Å²) in [4.78, 5) is 0. The number of halogens is 1. The van der Waals surface area contributed by atoms with Gasteiger partial charge in [0.15, 0.2) is 0 Å². The minimum atomic E-state index is 0. The lowest BCUT2D eigenvalue weighted by Crippen LogP contribution is -3.00. The van der Waals surface area contributed by atoms with Crippen LogP contribution in [0.2, 0.25) is 0 Å². The monoisotopic (exact) mass is 306 g/mol. The van der Waals surface area contributed by atoms with Crippen molar-refractivity contribution in [3.8, 4) is 5.75 Å². The third-order valence-electron chi connectivity index (χ3n) is 3.92. The molecule has 1 N–H and O–H groups in total. The summed E-state index contributed by atoms with van der Waals surface area (Å²) in [6, 6.07) is 12.6. The molecule has 0 radical (unpaired) electrons. The zero-order valence-electron chi connectivity index (χ0n) is 12.3. The number of hydrogen-bond donors (Lipinski definition) is 1. The van der Waals surface area contributed by atoms with Crippen molar-refractivity contribution in [1.29, 1.82) is 0 Å². The minimum absolute atomic E-state index is 0. The molecule has 3 nitrogen and oxygen atoms in total. The number of ether oxygens (including phenoxy) is 2. The van der Waals surface area contributed by atoms with E-state index < -0.39 is 0 Å². The van der Waals surface area contributed by atoms with Gasteiger partial charge >= 0.3 is 0 Å². The number of methoxy groups -OCH3 is 1. The van der Waals surface area contributed by atoms with Gasteiger partial charge in [-0.15, -0.1) is 0 Å². The fraction of sp³-hybridized carbons (Fsp3) is 0.412. The van der Waals surface area contributed by atoms with E-state index in [0.717, 1.165) is 25.4 Å². The molecule has 3 rings (SSSR count). The van der Waals surface area contributed by atoms with E-state index in [9.17, 15) is 0 Å². The Bertz CT molecular complexity index is 582. The van der Waals surface area contributed by atoms with Gasteiger partial charge in [0.1, 0.15) is 5.75 Å². The van der Waals surface area contributed by atoms with Crippen molar-refractivity contribution in [3.63, 3.8) is 0 Å². The summed E-state index contributed by atoms with van der Waals surface area (Å²) < 4.78 is 11.1. The number of rotatable bonds is 5. The van der Waals surface area contributed by atoms with Crippen LogP contribution in [0.25, 0.3) is 10.8 Å². The SMILES string of the molecule is COc1ccc2ccccc2c1CNCC1CCCO1.[Cl-]. The van der Waals surface area contributed by atoms with Crippen LogP contribution in [0, 0.1) is 0 Å². The average Bonchev–Trinajstić information content (AvgIpc) is 3.00. The summed E-state index contributed by atoms with van der Waals surface area (Å²) in [5, 5.41) is 6.01. The van der Waals surface area contributed by atoms with Crippen molar-refractivity contribution in [2.24, 2.45) is 0 Å². The first-order chi connectivity index (χ1) is 9.88. The Labute approximate surface area is 132 Å². The highest BCUT2D eigenvalue weighted by Crippen LogP contribution is 2.27. The van der Waals surface area contributed by atoms with Gasteiger partial charge in [-0.2, -0.15) is 0 Å². The van der Waals surface area contributed by atoms with Gasteiger partial charge in [-0.25, -0.2) is 0 Å². The van der Waals surface area contributed by atoms with Crippen LogP contribution < -0.4 is 22.5 Å². The Morgan fingerprint density at radius 2 is 2.10 bits per heavy atom. The van der Waals surface area contributed by atoms with E-state index in [4.69, 9.17) is 9.47 Å². The molecule has 4 heteroatoms. The second kappa shape index (κ2) is 7.64. The molecule has 0 aromatic heterocycles. The maximum absolute atomic E-state index is 5.64. The van der Waals surface area contributed by atoms with Gasteiger partial charge in [0.2, 0.25) is 0 Å². The van der Waals surface area contributed by atoms with E-state index in [1.807, 2.05) is 6.07 Å². The molecule has 2 aromatic carbocycles. The highest BCUT2D eigenvalue weighted by Gasteiger charge is 2.15. The fourth-order valence-electron chi connectivity index (χ4n) is 2.85. The van der Waals surface area contributed by atoms with Crippen molar-refractivity contribution in [2.75, 3.05) is 20.3 Å². The molecule has 1 aliphatic rings. The highest BCUT2D eigenvalue weighted by molar-refractivity contribution is 5.87. The second-order valence-electron chi connectivity index (χ2n) is 5.23. The van der Waals surface area contributed by atoms with Crippen LogP contribution in [0.15, 0.2) is 36.4 Å². The highest BCUT2D eigenvalue weighted by atomic mass is 35.5. The Hall–Kier alpha value is -1.29. The second-order valence-corrected chi connectivity index (χ2v) is 5.23. The molecule has 1 unspecified atom stereocenters. The van der Waals surface area contributed by atoms with Gasteiger partial charge in [0.05, 0.1) is 13.2 Å². The summed E-state index contributed by atoms with van der Waals surface area (Å²) in [5.41, 5.74) is 1.23. The quantitative estimate of drug-likeness (QED) is 0.851. The predicted molar refractivity (Wildman–Crippen MR) is 81.2 cm³/mol. The summed E-state index contributed by atoms with van der Waals surface area (Å²) in [6.45, 7) is 2.63. The van der Waals surface area contributed by atoms with Crippen molar-refractivity contribution in [3.05, 3.63) is 42.0 Å². The molecular formula is C17H21ClNO2-. The predicted octanol–water partition coefficient (Wildman–Crippen LogP) is 0.121. The third kappa shape index (κ3) is 3.67. The van der Waals surface area contributed by atoms with E-state index in [1.165, 1.54) is 29.2 Å². The summed E-state index contributed by atoms with van der Waals surface area (Å²) in [5.74, 6) is 0.948. The topological polar surface area (TPSA) is 30.5 Å². The largest absolute Gasteiger partial charge is 1.00 e. The van der Waals surface area contributed by atoms with E-state index >= 15 is 0 Å². The number of nitrogens with one attached hydrogen (secondary N) is 1. The first-order valence-corrected chi connectivity index (χ1v) is 7.25. The maximum atomic E-state index is 5.64. The van der Waals surface area contributed by atoms with Crippen molar-refractivity contribution < 1.29 is 21.9 Å². The van der Waals surface area contributed by atoms with Crippen molar-refractivity contribution >= 4 is 10.8 Å². The standard InChI is InChI=1S/C17H21NO2.ClH/c1-19-17-9-8-13-5-2-3-7-15(13)16(17)12-18-11-14-6-4-10-20-14;/h2-3,5,7-9,14,18H,4,6,10-12H2,1H3;1H/p-1. The maximum Gasteiger partial charge on any atom is 0.123 e. The molecule has 1 fully saturated rings. The molecule has 0 spiro atoms. The Morgan fingerprint density at radius 1 is 1.24 bits per heavy atom. The van der Waals surface area contributed by atoms with E-state index in [2.05, 4.69) is 35.6 Å². The van der Waals surface area contributed by atoms with E-state index in [1.54, 1.807) is 7.11 Å². The lowest BCUT2D eigenvalue weighted by atomic mass is 10.0. The molecule has 0 saturated carbocycles. The minimum Gasteiger partial charge on any atom is -1.00 e. The number of benzene rings is 2. The summed E-state index contributed by atoms with van der Waals surface area (Å²) in [7, 11) is 1.73. The molecule has 0 bridgehead atoms.